The van der Waals surface area contributed by atoms with Gasteiger partial charge in [-0.05, 0) is 115 Å². The van der Waals surface area contributed by atoms with Crippen LogP contribution in [0.25, 0.3) is 0 Å². The number of urea groups is 1. The van der Waals surface area contributed by atoms with E-state index < -0.39 is 18.2 Å². The van der Waals surface area contributed by atoms with E-state index in [-0.39, 0.29) is 36.7 Å². The molecule has 0 saturated carbocycles. The number of nitrogens with one attached hydrogen (secondary N) is 1. The summed E-state index contributed by atoms with van der Waals surface area (Å²) in [6.45, 7) is 4.26. The van der Waals surface area contributed by atoms with Crippen LogP contribution in [-0.2, 0) is 27.2 Å². The minimum absolute atomic E-state index is 0.00573. The molecule has 50 heavy (non-hydrogen) atoms. The number of carbonyl (C=O) groups is 4. The summed E-state index contributed by atoms with van der Waals surface area (Å²) in [6, 6.07) is 11.3. The number of likely N-dealkylation sites (tertiary alicyclic amines) is 3. The van der Waals surface area contributed by atoms with Gasteiger partial charge in [-0.2, -0.15) is 0 Å². The Morgan fingerprint density at radius 3 is 2.22 bits per heavy atom. The van der Waals surface area contributed by atoms with E-state index in [1.807, 2.05) is 45.0 Å². The zero-order valence-electron chi connectivity index (χ0n) is 28.7. The maximum atomic E-state index is 14.1. The number of carbonyl (C=O) groups excluding carboxylic acids is 3. The Bertz CT molecular complexity index is 1550. The van der Waals surface area contributed by atoms with Crippen molar-refractivity contribution >= 4 is 58.9 Å². The first kappa shape index (κ1) is 36.0. The van der Waals surface area contributed by atoms with Crippen LogP contribution in [0.2, 0.25) is 0 Å². The Labute approximate surface area is 302 Å². The maximum absolute atomic E-state index is 14.1. The number of phenolic OH excluding ortho intramolecular Hbond substituents is 1. The third kappa shape index (κ3) is 8.56. The summed E-state index contributed by atoms with van der Waals surface area (Å²) in [4.78, 5) is 59.2. The Kier molecular flexibility index (Phi) is 11.6. The van der Waals surface area contributed by atoms with Crippen molar-refractivity contribution in [3.05, 3.63) is 52.0 Å². The van der Waals surface area contributed by atoms with Crippen LogP contribution in [0, 0.1) is 11.8 Å². The number of hydrogen-bond acceptors (Lipinski definition) is 7. The van der Waals surface area contributed by atoms with Crippen molar-refractivity contribution < 1.29 is 34.1 Å². The molecule has 1 atom stereocenters. The van der Waals surface area contributed by atoms with Gasteiger partial charge >= 0.3 is 18.1 Å². The number of aliphatic carboxylic acids is 1. The van der Waals surface area contributed by atoms with Crippen LogP contribution < -0.4 is 10.8 Å². The number of hydrogen-bond donors (Lipinski definition) is 3. The molecule has 2 aromatic rings. The lowest BCUT2D eigenvalue weighted by atomic mass is 9.78. The van der Waals surface area contributed by atoms with Gasteiger partial charge in [-0.1, -0.05) is 24.3 Å². The van der Waals surface area contributed by atoms with Gasteiger partial charge in [0.2, 0.25) is 0 Å². The molecule has 4 aliphatic heterocycles. The molecule has 2 aromatic carbocycles. The Morgan fingerprint density at radius 2 is 1.56 bits per heavy atom. The van der Waals surface area contributed by atoms with Gasteiger partial charge in [-0.3, -0.25) is 14.5 Å². The fourth-order valence-electron chi connectivity index (χ4n) is 8.18. The number of carboxylic acids is 1. The largest absolute Gasteiger partial charge is 0.507 e. The highest BCUT2D eigenvalue weighted by Gasteiger charge is 2.37. The normalized spacial score (nSPS) is 20.5. The lowest BCUT2D eigenvalue weighted by Gasteiger charge is -2.41. The number of piperidine rings is 3. The predicted octanol–water partition coefficient (Wildman–Crippen LogP) is 3.05. The molecule has 4 amide bonds. The van der Waals surface area contributed by atoms with E-state index in [9.17, 15) is 24.3 Å². The van der Waals surface area contributed by atoms with Crippen LogP contribution in [0.1, 0.15) is 49.7 Å². The van der Waals surface area contributed by atoms with Gasteiger partial charge in [0, 0.05) is 50.9 Å². The van der Waals surface area contributed by atoms with E-state index in [2.05, 4.69) is 21.2 Å². The molecule has 0 aromatic heterocycles. The van der Waals surface area contributed by atoms with Gasteiger partial charge in [-0.15, -0.1) is 0 Å². The molecular formula is C36H47BBrN5O7. The summed E-state index contributed by atoms with van der Waals surface area (Å²) < 4.78 is 6.56. The molecule has 3 saturated heterocycles. The third-order valence-corrected chi connectivity index (χ3v) is 11.7. The molecule has 0 radical (unpaired) electrons. The van der Waals surface area contributed by atoms with Crippen molar-refractivity contribution in [2.24, 2.45) is 11.8 Å². The Morgan fingerprint density at radius 1 is 0.920 bits per heavy atom. The number of halogens is 1. The number of fused-ring (bicyclic) bond motifs is 1. The van der Waals surface area contributed by atoms with Crippen LogP contribution in [0.5, 0.6) is 5.75 Å². The number of para-hydroxylation sites is 1. The summed E-state index contributed by atoms with van der Waals surface area (Å²) in [7, 11) is 1.79. The average molecular weight is 753 g/mol. The number of nitrogens with zero attached hydrogens (tertiary/aromatic N) is 4. The van der Waals surface area contributed by atoms with Crippen molar-refractivity contribution in [3.8, 4) is 5.75 Å². The van der Waals surface area contributed by atoms with Gasteiger partial charge in [-0.25, -0.2) is 9.59 Å². The standard InChI is InChI=1S/C36H47BBrN5O7/c37-28-19-23(20-29(38)33(28)46)21-31(34(47)41-14-7-25(8-15-41)24-5-12-40(13-6-24)22-32(44)45)50-36(49)42-16-10-27(11-17-42)43-18-9-26-3-1-2-4-30(26)39-35(43)48/h1-4,19-20,24-25,27,31,46H,5-18,21-22,37H2,(H,39,48)(H,44,45)/t31-/m1/s1. The molecule has 4 aliphatic rings. The zero-order chi connectivity index (χ0) is 35.4. The second-order valence-electron chi connectivity index (χ2n) is 14.2. The van der Waals surface area contributed by atoms with E-state index >= 15 is 0 Å². The van der Waals surface area contributed by atoms with Crippen LogP contribution in [0.15, 0.2) is 40.9 Å². The summed E-state index contributed by atoms with van der Waals surface area (Å²) in [5.41, 5.74) is 3.38. The Balaban J connectivity index is 1.06. The third-order valence-electron chi connectivity index (χ3n) is 11.1. The van der Waals surface area contributed by atoms with Gasteiger partial charge in [0.15, 0.2) is 6.10 Å². The van der Waals surface area contributed by atoms with Crippen molar-refractivity contribution in [2.75, 3.05) is 57.7 Å². The molecule has 14 heteroatoms. The SMILES string of the molecule is Bc1cc(C[C@@H](OC(=O)N2CCC(N3CCc4ccccc4NC3=O)CC2)C(=O)N2CCC(C3CCN(CC(=O)O)CC3)CC2)cc(Br)c1O. The number of anilines is 1. The number of carboxylic acid groups (broad SMARTS) is 1. The first-order valence-electron chi connectivity index (χ1n) is 17.9. The first-order chi connectivity index (χ1) is 24.0. The quantitative estimate of drug-likeness (QED) is 0.350. The topological polar surface area (TPSA) is 143 Å². The fraction of sp³-hybridized carbons (Fsp3) is 0.556. The second-order valence-corrected chi connectivity index (χ2v) is 15.1. The number of amides is 4. The lowest BCUT2D eigenvalue weighted by molar-refractivity contribution is -0.142. The van der Waals surface area contributed by atoms with Crippen LogP contribution in [-0.4, -0.2) is 126 Å². The second kappa shape index (κ2) is 16.1. The van der Waals surface area contributed by atoms with E-state index in [1.165, 1.54) is 0 Å². The number of aromatic hydroxyl groups is 1. The monoisotopic (exact) mass is 751 g/mol. The molecular weight excluding hydrogens is 705 g/mol. The highest BCUT2D eigenvalue weighted by Crippen LogP contribution is 2.33. The van der Waals surface area contributed by atoms with Gasteiger partial charge < -0.3 is 35.0 Å². The minimum atomic E-state index is -1.03. The zero-order valence-corrected chi connectivity index (χ0v) is 30.3. The van der Waals surface area contributed by atoms with Gasteiger partial charge in [0.1, 0.15) is 13.6 Å². The fourth-order valence-corrected chi connectivity index (χ4v) is 8.79. The lowest BCUT2D eigenvalue weighted by Crippen LogP contribution is -2.52. The molecule has 268 valence electrons. The molecule has 3 fully saturated rings. The summed E-state index contributed by atoms with van der Waals surface area (Å²) >= 11 is 3.40. The number of phenols is 1. The van der Waals surface area contributed by atoms with Crippen LogP contribution in [0.4, 0.5) is 15.3 Å². The highest BCUT2D eigenvalue weighted by molar-refractivity contribution is 9.10. The van der Waals surface area contributed by atoms with Crippen molar-refractivity contribution in [1.29, 1.82) is 0 Å². The van der Waals surface area contributed by atoms with Crippen molar-refractivity contribution in [1.82, 2.24) is 19.6 Å². The molecule has 12 nitrogen and oxygen atoms in total. The van der Waals surface area contributed by atoms with Crippen molar-refractivity contribution in [3.63, 3.8) is 0 Å². The molecule has 4 heterocycles. The van der Waals surface area contributed by atoms with Crippen LogP contribution in [0.3, 0.4) is 0 Å². The number of benzene rings is 2. The minimum Gasteiger partial charge on any atom is -0.507 e. The summed E-state index contributed by atoms with van der Waals surface area (Å²) in [5.74, 6) is 0.115. The van der Waals surface area contributed by atoms with E-state index in [4.69, 9.17) is 9.84 Å². The Hall–Kier alpha value is -3.78. The van der Waals surface area contributed by atoms with Gasteiger partial charge in [0.25, 0.3) is 5.91 Å². The van der Waals surface area contributed by atoms with Crippen LogP contribution >= 0.6 is 15.9 Å². The van der Waals surface area contributed by atoms with E-state index in [0.717, 1.165) is 62.0 Å². The average Bonchev–Trinajstić information content (AvgIpc) is 3.28. The smallest absolute Gasteiger partial charge is 0.410 e. The number of rotatable bonds is 8. The first-order valence-corrected chi connectivity index (χ1v) is 18.7. The van der Waals surface area contributed by atoms with Gasteiger partial charge in [0.05, 0.1) is 11.0 Å². The van der Waals surface area contributed by atoms with E-state index in [0.29, 0.717) is 67.3 Å². The summed E-state index contributed by atoms with van der Waals surface area (Å²) in [6.07, 6.45) is 4.27. The van der Waals surface area contributed by atoms with E-state index in [1.54, 1.807) is 18.8 Å². The molecule has 0 unspecified atom stereocenters. The molecule has 3 N–H and O–H groups in total. The molecule has 0 spiro atoms. The molecule has 6 rings (SSSR count). The highest BCUT2D eigenvalue weighted by atomic mass is 79.9. The van der Waals surface area contributed by atoms with Crippen molar-refractivity contribution in [2.45, 2.75) is 63.5 Å². The maximum Gasteiger partial charge on any atom is 0.410 e. The molecule has 0 bridgehead atoms. The molecule has 0 aliphatic carbocycles. The predicted molar refractivity (Wildman–Crippen MR) is 195 cm³/mol. The summed E-state index contributed by atoms with van der Waals surface area (Å²) in [5, 5.41) is 22.5. The number of ether oxygens (including phenoxy) is 1.